The number of hydroxylamine groups is 1. The van der Waals surface area contributed by atoms with Crippen LogP contribution in [-0.4, -0.2) is 17.3 Å². The summed E-state index contributed by atoms with van der Waals surface area (Å²) in [6.07, 6.45) is -2.26. The number of hydrogen-bond acceptors (Lipinski definition) is 3. The van der Waals surface area contributed by atoms with Crippen LogP contribution in [0.3, 0.4) is 0 Å². The number of carbonyl (C=O) groups is 2. The quantitative estimate of drug-likeness (QED) is 0.823. The first kappa shape index (κ1) is 15.4. The van der Waals surface area contributed by atoms with Crippen molar-refractivity contribution in [3.8, 4) is 0 Å². The van der Waals surface area contributed by atoms with Crippen molar-refractivity contribution in [2.24, 2.45) is 0 Å². The maximum atomic E-state index is 11.9. The lowest BCUT2D eigenvalue weighted by Crippen LogP contribution is -2.34. The smallest absolute Gasteiger partial charge is 0.445 e. The van der Waals surface area contributed by atoms with Crippen LogP contribution >= 0.6 is 0 Å². The second-order valence-electron chi connectivity index (χ2n) is 4.74. The number of aryl methyl sites for hydroxylation is 2. The molecule has 2 aromatic carbocycles. The molecule has 2 rings (SSSR count). The van der Waals surface area contributed by atoms with Gasteiger partial charge in [0.05, 0.1) is 5.69 Å². The highest BCUT2D eigenvalue weighted by atomic mass is 16.7. The lowest BCUT2D eigenvalue weighted by molar-refractivity contribution is 0.127. The molecular weight excluding hydrogens is 284 g/mol. The van der Waals surface area contributed by atoms with E-state index in [1.165, 1.54) is 0 Å². The van der Waals surface area contributed by atoms with Crippen LogP contribution in [0, 0.1) is 13.8 Å². The highest BCUT2D eigenvalue weighted by molar-refractivity contribution is 5.91. The van der Waals surface area contributed by atoms with Gasteiger partial charge in [0.15, 0.2) is 0 Å². The number of benzene rings is 2. The maximum absolute atomic E-state index is 11.9. The third-order valence-electron chi connectivity index (χ3n) is 2.95. The lowest BCUT2D eigenvalue weighted by atomic mass is 10.2. The number of anilines is 2. The third kappa shape index (κ3) is 3.76. The normalized spacial score (nSPS) is 9.91. The van der Waals surface area contributed by atoms with Gasteiger partial charge in [0, 0.05) is 5.69 Å². The molecule has 0 saturated carbocycles. The molecule has 0 fully saturated rings. The minimum absolute atomic E-state index is 0.286. The van der Waals surface area contributed by atoms with Crippen molar-refractivity contribution in [1.82, 2.24) is 0 Å². The van der Waals surface area contributed by atoms with Gasteiger partial charge in [-0.15, -0.1) is 5.06 Å². The highest BCUT2D eigenvalue weighted by Gasteiger charge is 2.21. The Balaban J connectivity index is 2.13. The molecule has 22 heavy (non-hydrogen) atoms. The molecule has 0 atom stereocenters. The van der Waals surface area contributed by atoms with Crippen LogP contribution in [0.1, 0.15) is 11.1 Å². The Morgan fingerprint density at radius 2 is 1.82 bits per heavy atom. The number of nitrogens with zero attached hydrogens (tertiary/aromatic N) is 1. The monoisotopic (exact) mass is 300 g/mol. The van der Waals surface area contributed by atoms with Crippen molar-refractivity contribution in [3.63, 3.8) is 0 Å². The maximum Gasteiger partial charge on any atom is 0.445 e. The van der Waals surface area contributed by atoms with Crippen LogP contribution in [-0.2, 0) is 4.84 Å². The zero-order valence-corrected chi connectivity index (χ0v) is 12.2. The number of carboxylic acid groups (broad SMARTS) is 1. The molecule has 0 bridgehead atoms. The van der Waals surface area contributed by atoms with Gasteiger partial charge >= 0.3 is 12.2 Å². The summed E-state index contributed by atoms with van der Waals surface area (Å²) in [6, 6.07) is 13.8. The van der Waals surface area contributed by atoms with Gasteiger partial charge in [0.1, 0.15) is 0 Å². The predicted octanol–water partition coefficient (Wildman–Crippen LogP) is 3.95. The summed E-state index contributed by atoms with van der Waals surface area (Å²) in [5.74, 6) is 0. The number of amides is 2. The van der Waals surface area contributed by atoms with Gasteiger partial charge in [-0.3, -0.25) is 5.32 Å². The van der Waals surface area contributed by atoms with Crippen LogP contribution in [0.5, 0.6) is 0 Å². The van der Waals surface area contributed by atoms with Crippen LogP contribution < -0.4 is 10.4 Å². The van der Waals surface area contributed by atoms with Crippen molar-refractivity contribution in [2.45, 2.75) is 13.8 Å². The van der Waals surface area contributed by atoms with Gasteiger partial charge in [-0.2, -0.15) is 0 Å². The van der Waals surface area contributed by atoms with Crippen molar-refractivity contribution in [1.29, 1.82) is 0 Å². The van der Waals surface area contributed by atoms with Crippen molar-refractivity contribution < 1.29 is 19.5 Å². The second kappa shape index (κ2) is 6.62. The van der Waals surface area contributed by atoms with E-state index in [4.69, 9.17) is 4.84 Å². The molecule has 0 aliphatic rings. The number of nitrogens with one attached hydrogen (secondary N) is 1. The molecule has 0 spiro atoms. The Labute approximate surface area is 127 Å². The minimum atomic E-state index is -1.38. The molecule has 114 valence electrons. The molecule has 0 aromatic heterocycles. The van der Waals surface area contributed by atoms with Gasteiger partial charge in [0.2, 0.25) is 0 Å². The third-order valence-corrected chi connectivity index (χ3v) is 2.95. The average Bonchev–Trinajstić information content (AvgIpc) is 2.45. The van der Waals surface area contributed by atoms with Crippen molar-refractivity contribution in [2.75, 3.05) is 10.4 Å². The van der Waals surface area contributed by atoms with Gasteiger partial charge in [-0.25, -0.2) is 9.59 Å². The SMILES string of the molecule is Cc1cccc(NC(=O)ON(C(=O)O)c2ccccc2C)c1. The highest BCUT2D eigenvalue weighted by Crippen LogP contribution is 2.20. The van der Waals surface area contributed by atoms with E-state index < -0.39 is 12.2 Å². The van der Waals surface area contributed by atoms with E-state index >= 15 is 0 Å². The Kier molecular flexibility index (Phi) is 4.63. The number of para-hydroxylation sites is 1. The fourth-order valence-electron chi connectivity index (χ4n) is 1.93. The zero-order valence-electron chi connectivity index (χ0n) is 12.2. The fraction of sp³-hybridized carbons (Fsp3) is 0.125. The number of rotatable bonds is 2. The summed E-state index contributed by atoms with van der Waals surface area (Å²) in [5.41, 5.74) is 2.45. The van der Waals surface area contributed by atoms with Crippen LogP contribution in [0.4, 0.5) is 21.0 Å². The molecule has 2 N–H and O–H groups in total. The summed E-state index contributed by atoms with van der Waals surface area (Å²) in [4.78, 5) is 28.1. The molecule has 2 aromatic rings. The van der Waals surface area contributed by atoms with E-state index in [0.29, 0.717) is 16.3 Å². The largest absolute Gasteiger partial charge is 0.463 e. The summed E-state index contributed by atoms with van der Waals surface area (Å²) in [5, 5.41) is 12.3. The van der Waals surface area contributed by atoms with E-state index in [9.17, 15) is 14.7 Å². The molecule has 0 radical (unpaired) electrons. The van der Waals surface area contributed by atoms with Gasteiger partial charge < -0.3 is 9.94 Å². The molecule has 0 aliphatic carbocycles. The Hall–Kier alpha value is -3.02. The Bertz CT molecular complexity index is 700. The standard InChI is InChI=1S/C16H16N2O4/c1-11-6-5-8-13(10-11)17-15(19)22-18(16(20)21)14-9-4-3-7-12(14)2/h3-10H,1-2H3,(H,17,19)(H,20,21). The van der Waals surface area contributed by atoms with E-state index in [0.717, 1.165) is 5.56 Å². The van der Waals surface area contributed by atoms with Gasteiger partial charge in [0.25, 0.3) is 0 Å². The van der Waals surface area contributed by atoms with Gasteiger partial charge in [-0.1, -0.05) is 30.3 Å². The topological polar surface area (TPSA) is 78.9 Å². The first-order valence-electron chi connectivity index (χ1n) is 6.61. The van der Waals surface area contributed by atoms with E-state index in [1.807, 2.05) is 13.0 Å². The van der Waals surface area contributed by atoms with E-state index in [2.05, 4.69) is 5.32 Å². The molecule has 2 amide bonds. The van der Waals surface area contributed by atoms with E-state index in [-0.39, 0.29) is 5.69 Å². The lowest BCUT2D eigenvalue weighted by Gasteiger charge is -2.19. The molecule has 0 unspecified atom stereocenters. The Morgan fingerprint density at radius 1 is 1.09 bits per heavy atom. The molecule has 6 nitrogen and oxygen atoms in total. The minimum Gasteiger partial charge on any atom is -0.463 e. The van der Waals surface area contributed by atoms with Crippen LogP contribution in [0.15, 0.2) is 48.5 Å². The van der Waals surface area contributed by atoms with Crippen molar-refractivity contribution >= 4 is 23.6 Å². The first-order valence-corrected chi connectivity index (χ1v) is 6.61. The van der Waals surface area contributed by atoms with Crippen molar-refractivity contribution in [3.05, 3.63) is 59.7 Å². The average molecular weight is 300 g/mol. The molecule has 0 aliphatic heterocycles. The fourth-order valence-corrected chi connectivity index (χ4v) is 1.93. The summed E-state index contributed by atoms with van der Waals surface area (Å²) in [7, 11) is 0. The zero-order chi connectivity index (χ0) is 16.1. The number of hydrogen-bond donors (Lipinski definition) is 2. The number of carbonyl (C=O) groups excluding carboxylic acids is 1. The van der Waals surface area contributed by atoms with Crippen LogP contribution in [0.25, 0.3) is 0 Å². The predicted molar refractivity (Wildman–Crippen MR) is 83.0 cm³/mol. The van der Waals surface area contributed by atoms with Gasteiger partial charge in [-0.05, 0) is 43.2 Å². The summed E-state index contributed by atoms with van der Waals surface area (Å²) >= 11 is 0. The first-order chi connectivity index (χ1) is 10.5. The summed E-state index contributed by atoms with van der Waals surface area (Å²) < 4.78 is 0. The Morgan fingerprint density at radius 3 is 2.45 bits per heavy atom. The van der Waals surface area contributed by atoms with Crippen LogP contribution in [0.2, 0.25) is 0 Å². The summed E-state index contributed by atoms with van der Waals surface area (Å²) in [6.45, 7) is 3.61. The molecule has 6 heteroatoms. The second-order valence-corrected chi connectivity index (χ2v) is 4.74. The van der Waals surface area contributed by atoms with E-state index in [1.54, 1.807) is 49.4 Å². The molecule has 0 heterocycles. The molecular formula is C16H16N2O4. The molecule has 0 saturated heterocycles.